The molecule has 1 saturated heterocycles. The molecule has 1 aromatic rings. The van der Waals surface area contributed by atoms with E-state index in [0.29, 0.717) is 4.08 Å². The van der Waals surface area contributed by atoms with Gasteiger partial charge in [-0.3, -0.25) is 0 Å². The lowest BCUT2D eigenvalue weighted by Gasteiger charge is -2.20. The van der Waals surface area contributed by atoms with Crippen LogP contribution in [0.4, 0.5) is 0 Å². The van der Waals surface area contributed by atoms with Crippen molar-refractivity contribution in [1.29, 1.82) is 0 Å². The first-order valence-electron chi connectivity index (χ1n) is 4.57. The molecular formula is C10H14OS2. The highest BCUT2D eigenvalue weighted by Crippen LogP contribution is 2.50. The quantitative estimate of drug-likeness (QED) is 0.740. The summed E-state index contributed by atoms with van der Waals surface area (Å²) in [7, 11) is 0. The van der Waals surface area contributed by atoms with Crippen molar-refractivity contribution in [3.8, 4) is 0 Å². The molecule has 1 aromatic heterocycles. The molecule has 0 saturated carbocycles. The van der Waals surface area contributed by atoms with E-state index in [1.807, 2.05) is 18.7 Å². The molecule has 0 spiro atoms. The largest absolute Gasteiger partial charge is 0.468 e. The molecule has 13 heavy (non-hydrogen) atoms. The fourth-order valence-corrected chi connectivity index (χ4v) is 4.34. The summed E-state index contributed by atoms with van der Waals surface area (Å²) in [6.45, 7) is 4.37. The minimum atomic E-state index is 0.384. The standard InChI is InChI=1S/C10H14OS2/c1-8-9(4-6-11-8)13-10(2)5-3-7-12-10/h4,6H,3,5,7H2,1-2H3. The van der Waals surface area contributed by atoms with Crippen LogP contribution in [-0.4, -0.2) is 9.83 Å². The summed E-state index contributed by atoms with van der Waals surface area (Å²) >= 11 is 4.03. The molecule has 2 rings (SSSR count). The first-order chi connectivity index (χ1) is 6.20. The van der Waals surface area contributed by atoms with Crippen LogP contribution < -0.4 is 0 Å². The highest BCUT2D eigenvalue weighted by Gasteiger charge is 2.31. The lowest BCUT2D eigenvalue weighted by Crippen LogP contribution is -2.08. The monoisotopic (exact) mass is 214 g/mol. The van der Waals surface area contributed by atoms with Gasteiger partial charge >= 0.3 is 0 Å². The van der Waals surface area contributed by atoms with E-state index < -0.39 is 0 Å². The van der Waals surface area contributed by atoms with Crippen LogP contribution >= 0.6 is 23.5 Å². The molecule has 2 heterocycles. The van der Waals surface area contributed by atoms with Crippen molar-refractivity contribution in [1.82, 2.24) is 0 Å². The minimum Gasteiger partial charge on any atom is -0.468 e. The van der Waals surface area contributed by atoms with Crippen LogP contribution in [0.3, 0.4) is 0 Å². The molecule has 0 N–H and O–H groups in total. The van der Waals surface area contributed by atoms with Crippen LogP contribution in [0.15, 0.2) is 21.6 Å². The Bertz CT molecular complexity index is 287. The van der Waals surface area contributed by atoms with E-state index in [4.69, 9.17) is 4.42 Å². The number of furan rings is 1. The second-order valence-electron chi connectivity index (χ2n) is 3.53. The van der Waals surface area contributed by atoms with Crippen molar-refractivity contribution in [3.63, 3.8) is 0 Å². The molecule has 72 valence electrons. The van der Waals surface area contributed by atoms with Gasteiger partial charge in [-0.25, -0.2) is 0 Å². The molecule has 0 aromatic carbocycles. The van der Waals surface area contributed by atoms with Gasteiger partial charge in [-0.05, 0) is 38.5 Å². The molecule has 1 aliphatic heterocycles. The van der Waals surface area contributed by atoms with Crippen molar-refractivity contribution < 1.29 is 4.42 Å². The van der Waals surface area contributed by atoms with Gasteiger partial charge in [-0.1, -0.05) is 0 Å². The summed E-state index contributed by atoms with van der Waals surface area (Å²) in [4.78, 5) is 1.30. The maximum absolute atomic E-state index is 5.29. The maximum Gasteiger partial charge on any atom is 0.114 e. The van der Waals surface area contributed by atoms with Crippen LogP contribution in [0.5, 0.6) is 0 Å². The van der Waals surface area contributed by atoms with Crippen LogP contribution in [0.25, 0.3) is 0 Å². The Balaban J connectivity index is 2.09. The van der Waals surface area contributed by atoms with Crippen molar-refractivity contribution in [2.24, 2.45) is 0 Å². The van der Waals surface area contributed by atoms with Crippen molar-refractivity contribution in [2.75, 3.05) is 5.75 Å². The van der Waals surface area contributed by atoms with Gasteiger partial charge in [0, 0.05) is 4.90 Å². The van der Waals surface area contributed by atoms with E-state index in [1.54, 1.807) is 6.26 Å². The minimum absolute atomic E-state index is 0.384. The molecular weight excluding hydrogens is 200 g/mol. The van der Waals surface area contributed by atoms with Crippen molar-refractivity contribution in [2.45, 2.75) is 35.7 Å². The second-order valence-corrected chi connectivity index (χ2v) is 6.93. The van der Waals surface area contributed by atoms with E-state index in [-0.39, 0.29) is 0 Å². The molecule has 1 aliphatic rings. The van der Waals surface area contributed by atoms with Crippen molar-refractivity contribution in [3.05, 3.63) is 18.1 Å². The van der Waals surface area contributed by atoms with Crippen LogP contribution in [0, 0.1) is 6.92 Å². The fourth-order valence-electron chi connectivity index (χ4n) is 1.55. The number of thioether (sulfide) groups is 2. The van der Waals surface area contributed by atoms with E-state index in [9.17, 15) is 0 Å². The van der Waals surface area contributed by atoms with Gasteiger partial charge in [0.25, 0.3) is 0 Å². The van der Waals surface area contributed by atoms with Crippen LogP contribution in [0.2, 0.25) is 0 Å². The Morgan fingerprint density at radius 3 is 3.00 bits per heavy atom. The molecule has 0 aliphatic carbocycles. The molecule has 1 nitrogen and oxygen atoms in total. The Labute approximate surface area is 87.7 Å². The lowest BCUT2D eigenvalue weighted by atomic mass is 10.3. The normalized spacial score (nSPS) is 28.2. The molecule has 0 amide bonds. The summed E-state index contributed by atoms with van der Waals surface area (Å²) in [5, 5.41) is 0. The Kier molecular flexibility index (Phi) is 2.65. The zero-order valence-corrected chi connectivity index (χ0v) is 9.63. The zero-order valence-electron chi connectivity index (χ0n) is 8.00. The van der Waals surface area contributed by atoms with E-state index in [0.717, 1.165) is 5.76 Å². The summed E-state index contributed by atoms with van der Waals surface area (Å²) in [5.41, 5.74) is 0. The molecule has 3 heteroatoms. The Hall–Kier alpha value is -0.0200. The van der Waals surface area contributed by atoms with E-state index in [1.165, 1.54) is 23.5 Å². The molecule has 1 unspecified atom stereocenters. The summed E-state index contributed by atoms with van der Waals surface area (Å²) < 4.78 is 5.67. The van der Waals surface area contributed by atoms with Gasteiger partial charge in [0.1, 0.15) is 5.76 Å². The number of hydrogen-bond donors (Lipinski definition) is 0. The Morgan fingerprint density at radius 2 is 2.46 bits per heavy atom. The zero-order chi connectivity index (χ0) is 9.31. The third kappa shape index (κ3) is 2.08. The molecule has 1 atom stereocenters. The van der Waals surface area contributed by atoms with Gasteiger partial charge in [-0.2, -0.15) is 0 Å². The molecule has 1 fully saturated rings. The molecule has 0 bridgehead atoms. The highest BCUT2D eigenvalue weighted by molar-refractivity contribution is 8.18. The number of aryl methyl sites for hydroxylation is 1. The number of hydrogen-bond acceptors (Lipinski definition) is 3. The lowest BCUT2D eigenvalue weighted by molar-refractivity contribution is 0.526. The van der Waals surface area contributed by atoms with Crippen molar-refractivity contribution >= 4 is 23.5 Å². The first-order valence-corrected chi connectivity index (χ1v) is 6.37. The average Bonchev–Trinajstić information content (AvgIpc) is 2.64. The van der Waals surface area contributed by atoms with Gasteiger partial charge in [0.15, 0.2) is 0 Å². The third-order valence-corrected chi connectivity index (χ3v) is 5.51. The Morgan fingerprint density at radius 1 is 1.62 bits per heavy atom. The third-order valence-electron chi connectivity index (χ3n) is 2.32. The van der Waals surface area contributed by atoms with Gasteiger partial charge in [0.2, 0.25) is 0 Å². The maximum atomic E-state index is 5.29. The highest BCUT2D eigenvalue weighted by atomic mass is 32.2. The summed E-state index contributed by atoms with van der Waals surface area (Å²) in [6.07, 6.45) is 4.44. The fraction of sp³-hybridized carbons (Fsp3) is 0.600. The number of rotatable bonds is 2. The van der Waals surface area contributed by atoms with Gasteiger partial charge in [0.05, 0.1) is 10.3 Å². The van der Waals surface area contributed by atoms with E-state index in [2.05, 4.69) is 24.8 Å². The molecule has 0 radical (unpaired) electrons. The first kappa shape index (κ1) is 9.53. The average molecular weight is 214 g/mol. The summed E-state index contributed by atoms with van der Waals surface area (Å²) in [5.74, 6) is 2.36. The SMILES string of the molecule is Cc1occc1SC1(C)CCCS1. The predicted molar refractivity (Wildman–Crippen MR) is 59.4 cm³/mol. The van der Waals surface area contributed by atoms with E-state index >= 15 is 0 Å². The smallest absolute Gasteiger partial charge is 0.114 e. The second kappa shape index (κ2) is 3.62. The van der Waals surface area contributed by atoms with Gasteiger partial charge in [-0.15, -0.1) is 23.5 Å². The van der Waals surface area contributed by atoms with Gasteiger partial charge < -0.3 is 4.42 Å². The predicted octanol–water partition coefficient (Wildman–Crippen LogP) is 3.92. The topological polar surface area (TPSA) is 13.1 Å². The summed E-state index contributed by atoms with van der Waals surface area (Å²) in [6, 6.07) is 2.07. The van der Waals surface area contributed by atoms with Crippen LogP contribution in [-0.2, 0) is 0 Å². The van der Waals surface area contributed by atoms with Crippen LogP contribution in [0.1, 0.15) is 25.5 Å².